The van der Waals surface area contributed by atoms with Gasteiger partial charge in [0.1, 0.15) is 11.5 Å². The Morgan fingerprint density at radius 3 is 2.57 bits per heavy atom. The van der Waals surface area contributed by atoms with Crippen LogP contribution in [-0.2, 0) is 16.0 Å². The first-order valence-corrected chi connectivity index (χ1v) is 11.6. The maximum Gasteiger partial charge on any atom is 0.262 e. The van der Waals surface area contributed by atoms with Gasteiger partial charge in [-0.15, -0.1) is 0 Å². The monoisotopic (exact) mass is 469 g/mol. The first kappa shape index (κ1) is 22.5. The number of benzene rings is 3. The van der Waals surface area contributed by atoms with Crippen molar-refractivity contribution in [3.05, 3.63) is 78.4 Å². The van der Waals surface area contributed by atoms with Crippen LogP contribution in [0.3, 0.4) is 0 Å². The number of methoxy groups -OCH3 is 1. The first-order valence-electron chi connectivity index (χ1n) is 11.6. The third-order valence-corrected chi connectivity index (χ3v) is 6.39. The zero-order chi connectivity index (χ0) is 24.4. The minimum Gasteiger partial charge on any atom is -0.497 e. The van der Waals surface area contributed by atoms with Crippen LogP contribution in [-0.4, -0.2) is 43.6 Å². The molecule has 2 N–H and O–H groups in total. The zero-order valence-corrected chi connectivity index (χ0v) is 19.7. The van der Waals surface area contributed by atoms with E-state index in [9.17, 15) is 9.59 Å². The van der Waals surface area contributed by atoms with Crippen molar-refractivity contribution in [2.24, 2.45) is 0 Å². The van der Waals surface area contributed by atoms with E-state index in [4.69, 9.17) is 9.47 Å². The van der Waals surface area contributed by atoms with E-state index in [1.54, 1.807) is 25.1 Å². The molecule has 5 rings (SSSR count). The van der Waals surface area contributed by atoms with Gasteiger partial charge in [0, 0.05) is 30.1 Å². The van der Waals surface area contributed by atoms with E-state index in [2.05, 4.69) is 16.4 Å². The van der Waals surface area contributed by atoms with Gasteiger partial charge < -0.3 is 24.7 Å². The summed E-state index contributed by atoms with van der Waals surface area (Å²) in [7, 11) is 3.21. The number of carbonyl (C=O) groups excluding carboxylic acids is 2. The summed E-state index contributed by atoms with van der Waals surface area (Å²) >= 11 is 0. The summed E-state index contributed by atoms with van der Waals surface area (Å²) in [5.74, 6) is 1.02. The number of anilines is 1. The van der Waals surface area contributed by atoms with Crippen LogP contribution in [0.2, 0.25) is 0 Å². The number of aromatic amines is 1. The number of fused-ring (bicyclic) bond motifs is 2. The molecule has 0 spiro atoms. The summed E-state index contributed by atoms with van der Waals surface area (Å²) < 4.78 is 11.2. The van der Waals surface area contributed by atoms with E-state index in [0.717, 1.165) is 33.5 Å². The fraction of sp³-hybridized carbons (Fsp3) is 0.214. The molecule has 1 aliphatic rings. The predicted octanol–water partition coefficient (Wildman–Crippen LogP) is 4.32. The van der Waals surface area contributed by atoms with E-state index < -0.39 is 6.10 Å². The van der Waals surface area contributed by atoms with Gasteiger partial charge in [0.25, 0.3) is 5.91 Å². The van der Waals surface area contributed by atoms with Crippen LogP contribution in [0.25, 0.3) is 22.2 Å². The second kappa shape index (κ2) is 9.54. The summed E-state index contributed by atoms with van der Waals surface area (Å²) in [6.45, 7) is 0.175. The van der Waals surface area contributed by atoms with E-state index >= 15 is 0 Å². The van der Waals surface area contributed by atoms with Crippen LogP contribution in [0.4, 0.5) is 5.69 Å². The van der Waals surface area contributed by atoms with Crippen molar-refractivity contribution >= 4 is 28.4 Å². The Labute approximate surface area is 203 Å². The van der Waals surface area contributed by atoms with Crippen LogP contribution in [0.15, 0.2) is 72.8 Å². The molecule has 1 unspecified atom stereocenters. The normalized spacial score (nSPS) is 14.8. The van der Waals surface area contributed by atoms with E-state index in [0.29, 0.717) is 24.3 Å². The fourth-order valence-electron chi connectivity index (χ4n) is 4.60. The van der Waals surface area contributed by atoms with Crippen molar-refractivity contribution < 1.29 is 19.1 Å². The van der Waals surface area contributed by atoms with E-state index in [1.807, 2.05) is 60.7 Å². The van der Waals surface area contributed by atoms with Crippen LogP contribution < -0.4 is 19.7 Å². The Bertz CT molecular complexity index is 1380. The summed E-state index contributed by atoms with van der Waals surface area (Å²) in [5.41, 5.74) is 4.82. The van der Waals surface area contributed by atoms with Crippen molar-refractivity contribution in [3.8, 4) is 22.8 Å². The highest BCUT2D eigenvalue weighted by Gasteiger charge is 2.33. The molecule has 1 atom stereocenters. The molecule has 0 saturated carbocycles. The smallest absolute Gasteiger partial charge is 0.262 e. The standard InChI is InChI=1S/C28H27N3O4/c1-29-28(33)25-17-31(23-9-5-6-10-24(23)35-25)26(32)16-15-21-20-7-3-4-8-22(20)30-27(21)18-11-13-19(34-2)14-12-18/h3-14,25,30H,15-17H2,1-2H3,(H,29,33). The highest BCUT2D eigenvalue weighted by Crippen LogP contribution is 2.35. The molecule has 0 fully saturated rings. The summed E-state index contributed by atoms with van der Waals surface area (Å²) in [6, 6.07) is 23.3. The van der Waals surface area contributed by atoms with Gasteiger partial charge in [-0.3, -0.25) is 9.59 Å². The number of H-pyrrole nitrogens is 1. The zero-order valence-electron chi connectivity index (χ0n) is 19.7. The Morgan fingerprint density at radius 1 is 1.06 bits per heavy atom. The van der Waals surface area contributed by atoms with E-state index in [1.165, 1.54) is 0 Å². The molecular weight excluding hydrogens is 442 g/mol. The first-order chi connectivity index (χ1) is 17.1. The Hall–Kier alpha value is -4.26. The van der Waals surface area contributed by atoms with Gasteiger partial charge >= 0.3 is 0 Å². The van der Waals surface area contributed by atoms with Gasteiger partial charge in [-0.2, -0.15) is 0 Å². The molecule has 178 valence electrons. The second-order valence-electron chi connectivity index (χ2n) is 8.45. The number of carbonyl (C=O) groups is 2. The average molecular weight is 470 g/mol. The van der Waals surface area contributed by atoms with Crippen LogP contribution in [0, 0.1) is 0 Å². The number of nitrogens with zero attached hydrogens (tertiary/aromatic N) is 1. The minimum absolute atomic E-state index is 0.0550. The molecule has 0 saturated heterocycles. The molecule has 7 nitrogen and oxygen atoms in total. The number of aromatic nitrogens is 1. The second-order valence-corrected chi connectivity index (χ2v) is 8.45. The molecule has 0 bridgehead atoms. The largest absolute Gasteiger partial charge is 0.497 e. The molecular formula is C28H27N3O4. The molecule has 7 heteroatoms. The van der Waals surface area contributed by atoms with Gasteiger partial charge in [-0.05, 0) is 60.0 Å². The maximum atomic E-state index is 13.5. The molecule has 0 radical (unpaired) electrons. The summed E-state index contributed by atoms with van der Waals surface area (Å²) in [4.78, 5) is 31.0. The number of ether oxygens (including phenoxy) is 2. The van der Waals surface area contributed by atoms with Gasteiger partial charge in [-0.25, -0.2) is 0 Å². The number of para-hydroxylation sites is 3. The Balaban J connectivity index is 1.44. The SMILES string of the molecule is CNC(=O)C1CN(C(=O)CCc2c(-c3ccc(OC)cc3)[nH]c3ccccc23)c2ccccc2O1. The van der Waals surface area contributed by atoms with Crippen LogP contribution in [0.1, 0.15) is 12.0 Å². The number of amides is 2. The minimum atomic E-state index is -0.748. The summed E-state index contributed by atoms with van der Waals surface area (Å²) in [6.07, 6.45) is 0.0931. The number of hydrogen-bond acceptors (Lipinski definition) is 4. The molecule has 4 aromatic rings. The molecule has 35 heavy (non-hydrogen) atoms. The molecule has 2 heterocycles. The summed E-state index contributed by atoms with van der Waals surface area (Å²) in [5, 5.41) is 3.71. The van der Waals surface area contributed by atoms with Crippen LogP contribution >= 0.6 is 0 Å². The van der Waals surface area contributed by atoms with Crippen molar-refractivity contribution in [2.75, 3.05) is 25.6 Å². The number of hydrogen-bond donors (Lipinski definition) is 2. The molecule has 2 amide bonds. The lowest BCUT2D eigenvalue weighted by Gasteiger charge is -2.34. The van der Waals surface area contributed by atoms with Crippen molar-refractivity contribution in [2.45, 2.75) is 18.9 Å². The molecule has 1 aliphatic heterocycles. The predicted molar refractivity (Wildman–Crippen MR) is 136 cm³/mol. The maximum absolute atomic E-state index is 13.5. The third-order valence-electron chi connectivity index (χ3n) is 6.39. The molecule has 3 aromatic carbocycles. The lowest BCUT2D eigenvalue weighted by molar-refractivity contribution is -0.127. The average Bonchev–Trinajstić information content (AvgIpc) is 3.29. The lowest BCUT2D eigenvalue weighted by atomic mass is 10.0. The Kier molecular flexibility index (Phi) is 6.14. The molecule has 1 aromatic heterocycles. The van der Waals surface area contributed by atoms with E-state index in [-0.39, 0.29) is 18.4 Å². The van der Waals surface area contributed by atoms with Gasteiger partial charge in [0.05, 0.1) is 19.3 Å². The third kappa shape index (κ3) is 4.33. The van der Waals surface area contributed by atoms with Crippen molar-refractivity contribution in [1.29, 1.82) is 0 Å². The topological polar surface area (TPSA) is 83.7 Å². The fourth-order valence-corrected chi connectivity index (χ4v) is 4.60. The van der Waals surface area contributed by atoms with Gasteiger partial charge in [0.2, 0.25) is 5.91 Å². The number of rotatable bonds is 6. The number of likely N-dealkylation sites (N-methyl/N-ethyl adjacent to an activating group) is 1. The van der Waals surface area contributed by atoms with Crippen molar-refractivity contribution in [3.63, 3.8) is 0 Å². The van der Waals surface area contributed by atoms with Gasteiger partial charge in [-0.1, -0.05) is 30.3 Å². The quantitative estimate of drug-likeness (QED) is 0.441. The number of aryl methyl sites for hydroxylation is 1. The highest BCUT2D eigenvalue weighted by molar-refractivity contribution is 5.98. The number of nitrogens with one attached hydrogen (secondary N) is 2. The van der Waals surface area contributed by atoms with Crippen molar-refractivity contribution in [1.82, 2.24) is 10.3 Å². The highest BCUT2D eigenvalue weighted by atomic mass is 16.5. The molecule has 0 aliphatic carbocycles. The van der Waals surface area contributed by atoms with Crippen LogP contribution in [0.5, 0.6) is 11.5 Å². The Morgan fingerprint density at radius 2 is 1.80 bits per heavy atom. The lowest BCUT2D eigenvalue weighted by Crippen LogP contribution is -2.50. The van der Waals surface area contributed by atoms with Gasteiger partial charge in [0.15, 0.2) is 6.10 Å².